The van der Waals surface area contributed by atoms with E-state index in [1.54, 1.807) is 18.4 Å². The molecule has 2 aliphatic heterocycles. The summed E-state index contributed by atoms with van der Waals surface area (Å²) in [4.78, 5) is 16.8. The summed E-state index contributed by atoms with van der Waals surface area (Å²) in [6.07, 6.45) is 9.89. The van der Waals surface area contributed by atoms with Crippen molar-refractivity contribution in [2.45, 2.75) is 31.7 Å². The van der Waals surface area contributed by atoms with Crippen LogP contribution in [-0.4, -0.2) is 47.9 Å². The van der Waals surface area contributed by atoms with E-state index in [4.69, 9.17) is 4.42 Å². The van der Waals surface area contributed by atoms with Crippen molar-refractivity contribution in [2.24, 2.45) is 0 Å². The monoisotopic (exact) mass is 274 g/mol. The van der Waals surface area contributed by atoms with Gasteiger partial charge in [-0.2, -0.15) is 0 Å². The highest BCUT2D eigenvalue weighted by atomic mass is 16.3. The average molecular weight is 274 g/mol. The van der Waals surface area contributed by atoms with Gasteiger partial charge in [0.05, 0.1) is 6.26 Å². The molecule has 0 saturated carbocycles. The summed E-state index contributed by atoms with van der Waals surface area (Å²) in [6.45, 7) is 4.32. The molecule has 4 nitrogen and oxygen atoms in total. The molecular weight excluding hydrogens is 252 g/mol. The predicted octanol–water partition coefficient (Wildman–Crippen LogP) is 2.38. The molecule has 2 saturated heterocycles. The molecule has 3 rings (SSSR count). The number of carbonyl (C=O) groups excluding carboxylic acids is 1. The topological polar surface area (TPSA) is 36.7 Å². The molecule has 108 valence electrons. The maximum atomic E-state index is 12.3. The van der Waals surface area contributed by atoms with Gasteiger partial charge in [0, 0.05) is 25.2 Å². The third-order valence-corrected chi connectivity index (χ3v) is 4.26. The number of hydrogen-bond donors (Lipinski definition) is 0. The van der Waals surface area contributed by atoms with E-state index in [9.17, 15) is 4.79 Å². The maximum Gasteiger partial charge on any atom is 0.246 e. The minimum absolute atomic E-state index is 0.114. The maximum absolute atomic E-state index is 12.3. The predicted molar refractivity (Wildman–Crippen MR) is 78.2 cm³/mol. The summed E-state index contributed by atoms with van der Waals surface area (Å²) in [5.41, 5.74) is 0. The van der Waals surface area contributed by atoms with Crippen molar-refractivity contribution in [2.75, 3.05) is 26.2 Å². The van der Waals surface area contributed by atoms with Gasteiger partial charge in [0.15, 0.2) is 0 Å². The Kier molecular flexibility index (Phi) is 4.21. The molecule has 0 aromatic carbocycles. The molecule has 2 fully saturated rings. The van der Waals surface area contributed by atoms with Gasteiger partial charge in [-0.1, -0.05) is 0 Å². The fourth-order valence-corrected chi connectivity index (χ4v) is 3.21. The molecule has 1 aromatic heterocycles. The fourth-order valence-electron chi connectivity index (χ4n) is 3.21. The van der Waals surface area contributed by atoms with Gasteiger partial charge in [-0.05, 0) is 57.0 Å². The zero-order valence-corrected chi connectivity index (χ0v) is 11.8. The molecule has 1 amide bonds. The van der Waals surface area contributed by atoms with Gasteiger partial charge < -0.3 is 14.2 Å². The number of hydrogen-bond acceptors (Lipinski definition) is 3. The second-order valence-electron chi connectivity index (χ2n) is 5.68. The molecule has 0 spiro atoms. The van der Waals surface area contributed by atoms with Crippen LogP contribution in [0.4, 0.5) is 0 Å². The van der Waals surface area contributed by atoms with Crippen molar-refractivity contribution in [1.29, 1.82) is 0 Å². The van der Waals surface area contributed by atoms with Crippen LogP contribution in [0.3, 0.4) is 0 Å². The van der Waals surface area contributed by atoms with E-state index in [1.165, 1.54) is 25.9 Å². The zero-order valence-electron chi connectivity index (χ0n) is 11.8. The molecule has 0 radical (unpaired) electrons. The normalized spacial score (nSPS) is 24.0. The third kappa shape index (κ3) is 3.12. The quantitative estimate of drug-likeness (QED) is 0.791. The zero-order chi connectivity index (χ0) is 13.8. The molecule has 1 aromatic rings. The van der Waals surface area contributed by atoms with Gasteiger partial charge in [-0.3, -0.25) is 4.79 Å². The SMILES string of the molecule is O=C(C=Cc1ccco1)N1CCCC1CN1CCCC1. The van der Waals surface area contributed by atoms with E-state index in [0.717, 1.165) is 31.7 Å². The van der Waals surface area contributed by atoms with Gasteiger partial charge in [0.1, 0.15) is 5.76 Å². The van der Waals surface area contributed by atoms with Crippen LogP contribution in [0.15, 0.2) is 28.9 Å². The number of likely N-dealkylation sites (tertiary alicyclic amines) is 2. The number of nitrogens with zero attached hydrogens (tertiary/aromatic N) is 2. The molecular formula is C16H22N2O2. The molecule has 0 aliphatic carbocycles. The Labute approximate surface area is 120 Å². The van der Waals surface area contributed by atoms with Gasteiger partial charge in [0.25, 0.3) is 0 Å². The summed E-state index contributed by atoms with van der Waals surface area (Å²) in [6, 6.07) is 4.08. The summed E-state index contributed by atoms with van der Waals surface area (Å²) in [5, 5.41) is 0. The van der Waals surface area contributed by atoms with Crippen LogP contribution in [0.2, 0.25) is 0 Å². The Morgan fingerprint density at radius 3 is 2.90 bits per heavy atom. The Bertz CT molecular complexity index is 461. The molecule has 0 bridgehead atoms. The first-order valence-corrected chi connectivity index (χ1v) is 7.57. The summed E-state index contributed by atoms with van der Waals surface area (Å²) >= 11 is 0. The van der Waals surface area contributed by atoms with Crippen molar-refractivity contribution in [3.05, 3.63) is 30.2 Å². The molecule has 20 heavy (non-hydrogen) atoms. The first kappa shape index (κ1) is 13.4. The lowest BCUT2D eigenvalue weighted by molar-refractivity contribution is -0.127. The lowest BCUT2D eigenvalue weighted by atomic mass is 10.2. The highest BCUT2D eigenvalue weighted by molar-refractivity contribution is 5.91. The van der Waals surface area contributed by atoms with Crippen LogP contribution >= 0.6 is 0 Å². The number of amides is 1. The van der Waals surface area contributed by atoms with E-state index in [-0.39, 0.29) is 5.91 Å². The molecule has 2 aliphatic rings. The third-order valence-electron chi connectivity index (χ3n) is 4.26. The van der Waals surface area contributed by atoms with Gasteiger partial charge in [-0.15, -0.1) is 0 Å². The van der Waals surface area contributed by atoms with Crippen molar-refractivity contribution in [1.82, 2.24) is 9.80 Å². The Morgan fingerprint density at radius 2 is 2.15 bits per heavy atom. The van der Waals surface area contributed by atoms with Crippen molar-refractivity contribution in [3.8, 4) is 0 Å². The largest absolute Gasteiger partial charge is 0.465 e. The van der Waals surface area contributed by atoms with Crippen LogP contribution in [0, 0.1) is 0 Å². The van der Waals surface area contributed by atoms with Crippen LogP contribution in [0.1, 0.15) is 31.4 Å². The number of rotatable bonds is 4. The first-order valence-electron chi connectivity index (χ1n) is 7.57. The van der Waals surface area contributed by atoms with Gasteiger partial charge in [0.2, 0.25) is 5.91 Å². The van der Waals surface area contributed by atoms with E-state index >= 15 is 0 Å². The highest BCUT2D eigenvalue weighted by Crippen LogP contribution is 2.21. The van der Waals surface area contributed by atoms with E-state index in [1.807, 2.05) is 17.0 Å². The molecule has 1 atom stereocenters. The summed E-state index contributed by atoms with van der Waals surface area (Å²) in [7, 11) is 0. The van der Waals surface area contributed by atoms with E-state index < -0.39 is 0 Å². The smallest absolute Gasteiger partial charge is 0.246 e. The molecule has 3 heterocycles. The first-order chi connectivity index (χ1) is 9.83. The lowest BCUT2D eigenvalue weighted by Gasteiger charge is -2.27. The van der Waals surface area contributed by atoms with Gasteiger partial charge >= 0.3 is 0 Å². The Morgan fingerprint density at radius 1 is 1.30 bits per heavy atom. The van der Waals surface area contributed by atoms with Crippen LogP contribution in [0.25, 0.3) is 6.08 Å². The van der Waals surface area contributed by atoms with Crippen molar-refractivity contribution >= 4 is 12.0 Å². The fraction of sp³-hybridized carbons (Fsp3) is 0.562. The minimum Gasteiger partial charge on any atom is -0.465 e. The molecule has 0 N–H and O–H groups in total. The van der Waals surface area contributed by atoms with Crippen LogP contribution < -0.4 is 0 Å². The standard InChI is InChI=1S/C16H22N2O2/c19-16(8-7-15-6-4-12-20-15)18-11-3-5-14(18)13-17-9-1-2-10-17/h4,6-8,12,14H,1-3,5,9-11,13H2. The lowest BCUT2D eigenvalue weighted by Crippen LogP contribution is -2.41. The molecule has 1 unspecified atom stereocenters. The van der Waals surface area contributed by atoms with Crippen molar-refractivity contribution < 1.29 is 9.21 Å². The Hall–Kier alpha value is -1.55. The number of furan rings is 1. The molecule has 4 heteroatoms. The van der Waals surface area contributed by atoms with Crippen molar-refractivity contribution in [3.63, 3.8) is 0 Å². The highest BCUT2D eigenvalue weighted by Gasteiger charge is 2.29. The van der Waals surface area contributed by atoms with Crippen LogP contribution in [-0.2, 0) is 4.79 Å². The second kappa shape index (κ2) is 6.27. The van der Waals surface area contributed by atoms with Gasteiger partial charge in [-0.25, -0.2) is 0 Å². The summed E-state index contributed by atoms with van der Waals surface area (Å²) < 4.78 is 5.22. The minimum atomic E-state index is 0.114. The van der Waals surface area contributed by atoms with Crippen LogP contribution in [0.5, 0.6) is 0 Å². The Balaban J connectivity index is 1.58. The average Bonchev–Trinajstić information content (AvgIpc) is 3.19. The number of carbonyl (C=O) groups is 1. The second-order valence-corrected chi connectivity index (χ2v) is 5.68. The van der Waals surface area contributed by atoms with E-state index in [2.05, 4.69) is 4.90 Å². The summed E-state index contributed by atoms with van der Waals surface area (Å²) in [5.74, 6) is 0.844. The van der Waals surface area contributed by atoms with E-state index in [0.29, 0.717) is 6.04 Å².